The largest absolute Gasteiger partial charge is 0.487 e. The highest BCUT2D eigenvalue weighted by Crippen LogP contribution is 2.34. The highest BCUT2D eigenvalue weighted by Gasteiger charge is 2.38. The molecule has 1 aliphatic rings. The van der Waals surface area contributed by atoms with Crippen LogP contribution in [0.15, 0.2) is 23.1 Å². The quantitative estimate of drug-likeness (QED) is 0.668. The predicted molar refractivity (Wildman–Crippen MR) is 119 cm³/mol. The average Bonchev–Trinajstić information content (AvgIpc) is 2.69. The molecule has 0 aromatic heterocycles. The van der Waals surface area contributed by atoms with Crippen LogP contribution in [0.3, 0.4) is 0 Å². The Kier molecular flexibility index (Phi) is 8.49. The van der Waals surface area contributed by atoms with Crippen molar-refractivity contribution >= 4 is 15.9 Å². The molecule has 8 nitrogen and oxygen atoms in total. The van der Waals surface area contributed by atoms with E-state index in [4.69, 9.17) is 4.74 Å². The Morgan fingerprint density at radius 1 is 1.35 bits per heavy atom. The standard InChI is InChI=1S/C22H33N3O5S/c1-16-13-25(17(2)15-26)31(28,29)22-10-9-19(8-7-11-23(4)5)12-20(22)30-21(16)14-24(6)18(3)27/h9-10,12,16-17,21,26H,11,13-15H2,1-6H3/t16-,17+,21+/m0/s1. The molecule has 1 amide bonds. The summed E-state index contributed by atoms with van der Waals surface area (Å²) in [7, 11) is 1.62. The summed E-state index contributed by atoms with van der Waals surface area (Å²) < 4.78 is 34.3. The second-order valence-corrected chi connectivity index (χ2v) is 10.2. The van der Waals surface area contributed by atoms with Crippen LogP contribution in [-0.2, 0) is 14.8 Å². The molecular weight excluding hydrogens is 418 g/mol. The molecule has 31 heavy (non-hydrogen) atoms. The zero-order chi connectivity index (χ0) is 23.3. The number of rotatable bonds is 5. The first-order valence-electron chi connectivity index (χ1n) is 10.3. The first-order chi connectivity index (χ1) is 14.5. The van der Waals surface area contributed by atoms with E-state index >= 15 is 0 Å². The van der Waals surface area contributed by atoms with Crippen LogP contribution in [-0.4, -0.2) is 93.1 Å². The molecule has 0 radical (unpaired) electrons. The predicted octanol–water partition coefficient (Wildman–Crippen LogP) is 0.847. The second-order valence-electron chi connectivity index (χ2n) is 8.34. The Morgan fingerprint density at radius 2 is 2.03 bits per heavy atom. The third kappa shape index (κ3) is 6.20. The number of aliphatic hydroxyl groups is 1. The number of nitrogens with zero attached hydrogens (tertiary/aromatic N) is 3. The van der Waals surface area contributed by atoms with E-state index in [0.29, 0.717) is 18.7 Å². The molecule has 0 fully saturated rings. The number of ether oxygens (including phenoxy) is 1. The van der Waals surface area contributed by atoms with Crippen LogP contribution < -0.4 is 4.74 Å². The minimum Gasteiger partial charge on any atom is -0.487 e. The first kappa shape index (κ1) is 25.1. The smallest absolute Gasteiger partial charge is 0.247 e. The average molecular weight is 452 g/mol. The van der Waals surface area contributed by atoms with Crippen molar-refractivity contribution in [2.24, 2.45) is 5.92 Å². The molecule has 9 heteroatoms. The van der Waals surface area contributed by atoms with E-state index < -0.39 is 22.2 Å². The van der Waals surface area contributed by atoms with E-state index in [1.54, 1.807) is 31.0 Å². The molecule has 0 spiro atoms. The minimum atomic E-state index is -3.89. The van der Waals surface area contributed by atoms with Gasteiger partial charge in [-0.05, 0) is 39.2 Å². The van der Waals surface area contributed by atoms with Crippen molar-refractivity contribution in [3.05, 3.63) is 23.8 Å². The molecule has 0 saturated carbocycles. The minimum absolute atomic E-state index is 0.0355. The Hall–Kier alpha value is -2.12. The van der Waals surface area contributed by atoms with Crippen molar-refractivity contribution < 1.29 is 23.1 Å². The number of likely N-dealkylation sites (N-methyl/N-ethyl adjacent to an activating group) is 1. The lowest BCUT2D eigenvalue weighted by atomic mass is 10.0. The number of sulfonamides is 1. The molecule has 1 heterocycles. The molecule has 172 valence electrons. The Balaban J connectivity index is 2.56. The summed E-state index contributed by atoms with van der Waals surface area (Å²) in [5.41, 5.74) is 0.643. The van der Waals surface area contributed by atoms with Gasteiger partial charge in [0.05, 0.1) is 19.7 Å². The lowest BCUT2D eigenvalue weighted by Crippen LogP contribution is -2.50. The fourth-order valence-corrected chi connectivity index (χ4v) is 5.05. The molecule has 0 saturated heterocycles. The highest BCUT2D eigenvalue weighted by molar-refractivity contribution is 7.89. The normalized spacial score (nSPS) is 21.7. The van der Waals surface area contributed by atoms with Crippen LogP contribution in [0.1, 0.15) is 26.3 Å². The van der Waals surface area contributed by atoms with E-state index in [0.717, 1.165) is 0 Å². The molecule has 1 aromatic rings. The van der Waals surface area contributed by atoms with Crippen LogP contribution in [0.25, 0.3) is 0 Å². The number of amides is 1. The van der Waals surface area contributed by atoms with Crippen molar-refractivity contribution in [1.82, 2.24) is 14.1 Å². The number of benzene rings is 1. The van der Waals surface area contributed by atoms with E-state index in [1.807, 2.05) is 25.9 Å². The fraction of sp³-hybridized carbons (Fsp3) is 0.591. The molecule has 1 aromatic carbocycles. The van der Waals surface area contributed by atoms with Crippen molar-refractivity contribution in [1.29, 1.82) is 0 Å². The lowest BCUT2D eigenvalue weighted by Gasteiger charge is -2.37. The first-order valence-corrected chi connectivity index (χ1v) is 11.7. The summed E-state index contributed by atoms with van der Waals surface area (Å²) in [4.78, 5) is 15.3. The van der Waals surface area contributed by atoms with Gasteiger partial charge < -0.3 is 14.7 Å². The van der Waals surface area contributed by atoms with Crippen LogP contribution in [0.4, 0.5) is 0 Å². The maximum Gasteiger partial charge on any atom is 0.247 e. The molecule has 0 unspecified atom stereocenters. The van der Waals surface area contributed by atoms with Crippen molar-refractivity contribution in [2.75, 3.05) is 47.4 Å². The molecule has 1 N–H and O–H groups in total. The molecule has 1 aliphatic heterocycles. The van der Waals surface area contributed by atoms with E-state index in [2.05, 4.69) is 11.8 Å². The maximum absolute atomic E-state index is 13.4. The van der Waals surface area contributed by atoms with Gasteiger partial charge >= 0.3 is 0 Å². The number of aliphatic hydroxyl groups excluding tert-OH is 1. The molecule has 0 aliphatic carbocycles. The summed E-state index contributed by atoms with van der Waals surface area (Å²) in [5.74, 6) is 5.96. The van der Waals surface area contributed by atoms with Gasteiger partial charge in [-0.1, -0.05) is 18.8 Å². The van der Waals surface area contributed by atoms with E-state index in [1.165, 1.54) is 17.3 Å². The van der Waals surface area contributed by atoms with Crippen molar-refractivity contribution in [2.45, 2.75) is 37.8 Å². The number of hydrogen-bond acceptors (Lipinski definition) is 6. The monoisotopic (exact) mass is 451 g/mol. The van der Waals surface area contributed by atoms with E-state index in [-0.39, 0.29) is 35.6 Å². The summed E-state index contributed by atoms with van der Waals surface area (Å²) in [6.07, 6.45) is -0.429. The number of hydrogen-bond donors (Lipinski definition) is 1. The zero-order valence-corrected chi connectivity index (χ0v) is 19.9. The van der Waals surface area contributed by atoms with Gasteiger partial charge in [0.1, 0.15) is 16.7 Å². The maximum atomic E-state index is 13.4. The second kappa shape index (κ2) is 10.5. The molecule has 2 rings (SSSR count). The van der Waals surface area contributed by atoms with Crippen LogP contribution in [0.5, 0.6) is 5.75 Å². The third-order valence-corrected chi connectivity index (χ3v) is 7.31. The summed E-state index contributed by atoms with van der Waals surface area (Å²) >= 11 is 0. The van der Waals surface area contributed by atoms with Crippen LogP contribution in [0.2, 0.25) is 0 Å². The summed E-state index contributed by atoms with van der Waals surface area (Å²) in [6, 6.07) is 4.20. The van der Waals surface area contributed by atoms with Gasteiger partial charge in [0.2, 0.25) is 15.9 Å². The van der Waals surface area contributed by atoms with Crippen LogP contribution in [0, 0.1) is 17.8 Å². The lowest BCUT2D eigenvalue weighted by molar-refractivity contribution is -0.129. The summed E-state index contributed by atoms with van der Waals surface area (Å²) in [5, 5.41) is 9.67. The van der Waals surface area contributed by atoms with Gasteiger partial charge in [-0.2, -0.15) is 4.31 Å². The van der Waals surface area contributed by atoms with Crippen molar-refractivity contribution in [3.8, 4) is 17.6 Å². The zero-order valence-electron chi connectivity index (χ0n) is 19.1. The van der Waals surface area contributed by atoms with E-state index in [9.17, 15) is 18.3 Å². The van der Waals surface area contributed by atoms with Gasteiger partial charge in [-0.25, -0.2) is 8.42 Å². The highest BCUT2D eigenvalue weighted by atomic mass is 32.2. The SMILES string of the molecule is CC(=O)N(C)C[C@H]1Oc2cc(C#CCN(C)C)ccc2S(=O)(=O)N([C@H](C)CO)C[C@@H]1C. The van der Waals surface area contributed by atoms with Gasteiger partial charge in [0.25, 0.3) is 0 Å². The number of fused-ring (bicyclic) bond motifs is 1. The van der Waals surface area contributed by atoms with Gasteiger partial charge in [0.15, 0.2) is 0 Å². The van der Waals surface area contributed by atoms with Gasteiger partial charge in [-0.15, -0.1) is 0 Å². The van der Waals surface area contributed by atoms with Gasteiger partial charge in [0, 0.05) is 38.0 Å². The number of carbonyl (C=O) groups excluding carboxylic acids is 1. The fourth-order valence-electron chi connectivity index (χ4n) is 3.22. The Labute approximate surface area is 185 Å². The third-order valence-electron chi connectivity index (χ3n) is 5.29. The number of carbonyl (C=O) groups is 1. The van der Waals surface area contributed by atoms with Gasteiger partial charge in [-0.3, -0.25) is 9.69 Å². The Bertz CT molecular complexity index is 952. The summed E-state index contributed by atoms with van der Waals surface area (Å²) in [6.45, 7) is 5.79. The Morgan fingerprint density at radius 3 is 2.61 bits per heavy atom. The molecule has 3 atom stereocenters. The van der Waals surface area contributed by atoms with Crippen molar-refractivity contribution in [3.63, 3.8) is 0 Å². The molecular formula is C22H33N3O5S. The molecule has 0 bridgehead atoms. The van der Waals surface area contributed by atoms with Crippen LogP contribution >= 0.6 is 0 Å². The topological polar surface area (TPSA) is 90.4 Å².